The Hall–Kier alpha value is -3.80. The summed E-state index contributed by atoms with van der Waals surface area (Å²) in [6, 6.07) is 33.4. The molecule has 9 heteroatoms. The zero-order chi connectivity index (χ0) is 38.1. The van der Waals surface area contributed by atoms with Gasteiger partial charge in [0.25, 0.3) is 8.53 Å². The molecule has 4 aromatic rings. The third-order valence-corrected chi connectivity index (χ3v) is 12.1. The van der Waals surface area contributed by atoms with Crippen LogP contribution < -0.4 is 9.47 Å². The average molecular weight is 739 g/mol. The first-order chi connectivity index (χ1) is 25.5. The second-order valence-corrected chi connectivity index (χ2v) is 15.6. The summed E-state index contributed by atoms with van der Waals surface area (Å²) < 4.78 is 41.2. The highest BCUT2D eigenvalue weighted by Gasteiger charge is 2.45. The van der Waals surface area contributed by atoms with E-state index in [0.29, 0.717) is 13.0 Å². The Kier molecular flexibility index (Phi) is 14.1. The van der Waals surface area contributed by atoms with Gasteiger partial charge in [0.2, 0.25) is 0 Å². The fourth-order valence-corrected chi connectivity index (χ4v) is 8.95. The summed E-state index contributed by atoms with van der Waals surface area (Å²) in [6.07, 6.45) is -0.0804. The molecule has 0 amide bonds. The number of hydrogen-bond acceptors (Lipinski definition) is 8. The monoisotopic (exact) mass is 738 g/mol. The first kappa shape index (κ1) is 40.4. The van der Waals surface area contributed by atoms with E-state index < -0.39 is 20.2 Å². The third-order valence-electron chi connectivity index (χ3n) is 9.95. The van der Waals surface area contributed by atoms with Gasteiger partial charge in [0, 0.05) is 18.5 Å². The Balaban J connectivity index is 1.60. The minimum absolute atomic E-state index is 0.161. The highest BCUT2D eigenvalue weighted by atomic mass is 31.2. The van der Waals surface area contributed by atoms with Gasteiger partial charge in [0.15, 0.2) is 0 Å². The van der Waals surface area contributed by atoms with E-state index in [1.807, 2.05) is 42.5 Å². The highest BCUT2D eigenvalue weighted by molar-refractivity contribution is 7.44. The number of aryl methyl sites for hydroxylation is 3. The minimum atomic E-state index is -1.52. The minimum Gasteiger partial charge on any atom is -0.497 e. The number of hydrogen-bond donors (Lipinski definition) is 0. The van der Waals surface area contributed by atoms with Crippen molar-refractivity contribution < 1.29 is 28.0 Å². The van der Waals surface area contributed by atoms with Crippen molar-refractivity contribution >= 4 is 8.53 Å². The fraction of sp³-hybridized carbons (Fsp3) is 0.432. The zero-order valence-electron chi connectivity index (χ0n) is 32.7. The van der Waals surface area contributed by atoms with E-state index in [2.05, 4.69) is 108 Å². The zero-order valence-corrected chi connectivity index (χ0v) is 33.6. The summed E-state index contributed by atoms with van der Waals surface area (Å²) in [7, 11) is 1.82. The van der Waals surface area contributed by atoms with Crippen molar-refractivity contribution in [3.8, 4) is 17.6 Å². The van der Waals surface area contributed by atoms with Crippen molar-refractivity contribution in [1.29, 1.82) is 5.26 Å². The first-order valence-corrected chi connectivity index (χ1v) is 19.6. The van der Waals surface area contributed by atoms with Crippen LogP contribution in [-0.2, 0) is 24.1 Å². The molecule has 1 aliphatic heterocycles. The largest absolute Gasteiger partial charge is 0.497 e. The Labute approximate surface area is 317 Å². The summed E-state index contributed by atoms with van der Waals surface area (Å²) in [5.41, 5.74) is 6.66. The van der Waals surface area contributed by atoms with Crippen LogP contribution in [0.2, 0.25) is 0 Å². The van der Waals surface area contributed by atoms with Gasteiger partial charge < -0.3 is 28.0 Å². The Bertz CT molecular complexity index is 1740. The number of nitrogens with zero attached hydrogens (tertiary/aromatic N) is 2. The predicted molar refractivity (Wildman–Crippen MR) is 211 cm³/mol. The number of benzene rings is 4. The molecule has 0 aromatic heterocycles. The lowest BCUT2D eigenvalue weighted by Crippen LogP contribution is -2.39. The van der Waals surface area contributed by atoms with Crippen molar-refractivity contribution in [2.75, 3.05) is 27.4 Å². The van der Waals surface area contributed by atoms with E-state index in [0.717, 1.165) is 33.8 Å². The second kappa shape index (κ2) is 18.5. The van der Waals surface area contributed by atoms with Crippen molar-refractivity contribution in [1.82, 2.24) is 4.67 Å². The van der Waals surface area contributed by atoms with Crippen LogP contribution in [0.4, 0.5) is 0 Å². The van der Waals surface area contributed by atoms with Crippen molar-refractivity contribution in [3.63, 3.8) is 0 Å². The van der Waals surface area contributed by atoms with E-state index >= 15 is 0 Å². The summed E-state index contributed by atoms with van der Waals surface area (Å²) in [4.78, 5) is 0. The average Bonchev–Trinajstić information content (AvgIpc) is 3.56. The van der Waals surface area contributed by atoms with Crippen LogP contribution in [0.25, 0.3) is 0 Å². The molecule has 4 aromatic carbocycles. The van der Waals surface area contributed by atoms with Gasteiger partial charge >= 0.3 is 0 Å². The maximum Gasteiger partial charge on any atom is 0.259 e. The van der Waals surface area contributed by atoms with E-state index in [1.54, 1.807) is 14.2 Å². The van der Waals surface area contributed by atoms with Crippen LogP contribution in [0.15, 0.2) is 91.0 Å². The Morgan fingerprint density at radius 2 is 1.34 bits per heavy atom. The molecule has 1 saturated heterocycles. The van der Waals surface area contributed by atoms with Gasteiger partial charge in [-0.25, -0.2) is 4.67 Å². The fourth-order valence-electron chi connectivity index (χ4n) is 7.20. The number of nitriles is 1. The number of rotatable bonds is 17. The van der Waals surface area contributed by atoms with E-state index in [1.165, 1.54) is 16.7 Å². The molecule has 1 unspecified atom stereocenters. The molecule has 1 aliphatic rings. The summed E-state index contributed by atoms with van der Waals surface area (Å²) >= 11 is 0. The van der Waals surface area contributed by atoms with Crippen LogP contribution in [0.3, 0.4) is 0 Å². The molecule has 0 saturated carbocycles. The lowest BCUT2D eigenvalue weighted by molar-refractivity contribution is -0.0807. The van der Waals surface area contributed by atoms with Crippen molar-refractivity contribution in [2.45, 2.75) is 97.3 Å². The first-order valence-electron chi connectivity index (χ1n) is 18.5. The van der Waals surface area contributed by atoms with Gasteiger partial charge in [-0.2, -0.15) is 5.26 Å². The van der Waals surface area contributed by atoms with E-state index in [-0.39, 0.29) is 37.3 Å². The summed E-state index contributed by atoms with van der Waals surface area (Å²) in [6.45, 7) is 15.6. The molecule has 1 heterocycles. The van der Waals surface area contributed by atoms with Crippen LogP contribution in [0.5, 0.6) is 11.5 Å². The van der Waals surface area contributed by atoms with Gasteiger partial charge in [0.1, 0.15) is 23.2 Å². The van der Waals surface area contributed by atoms with Gasteiger partial charge in [0.05, 0.1) is 52.1 Å². The molecular formula is C44H55N2O6P. The molecule has 4 atom stereocenters. The van der Waals surface area contributed by atoms with Gasteiger partial charge in [-0.3, -0.25) is 0 Å². The normalized spacial score (nSPS) is 18.1. The van der Waals surface area contributed by atoms with Crippen LogP contribution in [0.1, 0.15) is 85.6 Å². The highest BCUT2D eigenvalue weighted by Crippen LogP contribution is 2.51. The molecule has 5 rings (SSSR count). The predicted octanol–water partition coefficient (Wildman–Crippen LogP) is 10.1. The third kappa shape index (κ3) is 9.30. The van der Waals surface area contributed by atoms with E-state index in [9.17, 15) is 5.26 Å². The Morgan fingerprint density at radius 3 is 1.87 bits per heavy atom. The molecule has 0 aliphatic carbocycles. The molecular weight excluding hydrogens is 683 g/mol. The molecule has 0 N–H and O–H groups in total. The molecule has 53 heavy (non-hydrogen) atoms. The van der Waals surface area contributed by atoms with Crippen molar-refractivity contribution in [3.05, 3.63) is 130 Å². The summed E-state index contributed by atoms with van der Waals surface area (Å²) in [5.74, 6) is 1.52. The number of methoxy groups -OCH3 is 2. The van der Waals surface area contributed by atoms with E-state index in [4.69, 9.17) is 28.0 Å². The second-order valence-electron chi connectivity index (χ2n) is 14.2. The van der Waals surface area contributed by atoms with Crippen LogP contribution >= 0.6 is 8.53 Å². The lowest BCUT2D eigenvalue weighted by Gasteiger charge is -2.39. The quantitative estimate of drug-likeness (QED) is 0.0602. The maximum atomic E-state index is 9.35. The molecule has 0 radical (unpaired) electrons. The van der Waals surface area contributed by atoms with Gasteiger partial charge in [-0.1, -0.05) is 66.7 Å². The van der Waals surface area contributed by atoms with Crippen molar-refractivity contribution in [2.24, 2.45) is 0 Å². The molecule has 0 bridgehead atoms. The maximum absolute atomic E-state index is 9.35. The van der Waals surface area contributed by atoms with Gasteiger partial charge in [-0.05, 0) is 112 Å². The number of ether oxygens (including phenoxy) is 4. The molecule has 282 valence electrons. The smallest absolute Gasteiger partial charge is 0.259 e. The Morgan fingerprint density at radius 1 is 0.792 bits per heavy atom. The SMILES string of the molecule is COc1ccc(C(OC[C@H]2O[C@@H](c3cc(C)c(C)cc3C)C[C@@H]2OP(OCCC#N)N(C(C)C)C(C)C)(c2ccccc2)c2ccc(OC)cc2)cc1. The topological polar surface area (TPSA) is 82.4 Å². The van der Waals surface area contributed by atoms with Crippen LogP contribution in [0, 0.1) is 32.1 Å². The standard InChI is InChI=1S/C44H55N2O6P/c1-30(2)46(31(3)4)53(50-25-13-24-45)52-42-28-41(40-27-33(6)32(5)26-34(40)7)51-43(42)29-49-44(35-14-11-10-12-15-35,36-16-20-38(47-8)21-17-36)37-18-22-39(48-9)23-19-37/h10-12,14-23,26-27,30-31,41-43H,13,25,28-29H2,1-9H3/t41-,42+,43-,53?/m1/s1. The lowest BCUT2D eigenvalue weighted by atomic mass is 9.80. The molecule has 8 nitrogen and oxygen atoms in total. The van der Waals surface area contributed by atoms with Gasteiger partial charge in [-0.15, -0.1) is 0 Å². The molecule has 1 fully saturated rings. The van der Waals surface area contributed by atoms with Crippen LogP contribution in [-0.4, -0.2) is 56.4 Å². The molecule has 0 spiro atoms. The summed E-state index contributed by atoms with van der Waals surface area (Å²) in [5, 5.41) is 9.35.